The minimum atomic E-state index is -0.426. The fourth-order valence-corrected chi connectivity index (χ4v) is 2.52. The Balaban J connectivity index is 1.83. The van der Waals surface area contributed by atoms with Crippen LogP contribution in [-0.2, 0) is 6.42 Å². The van der Waals surface area contributed by atoms with Crippen molar-refractivity contribution in [1.29, 1.82) is 0 Å². The molecule has 0 aliphatic carbocycles. The molecule has 3 N–H and O–H groups in total. The SMILES string of the molecule is CCc1ccc(Oc2ncnc(Nc3ccc(Br)cc3F)c2N)cc1. The summed E-state index contributed by atoms with van der Waals surface area (Å²) in [6.45, 7) is 2.08. The number of hydrogen-bond acceptors (Lipinski definition) is 5. The molecule has 0 amide bonds. The lowest BCUT2D eigenvalue weighted by atomic mass is 10.2. The number of nitrogens with two attached hydrogens (primary N) is 1. The van der Waals surface area contributed by atoms with Crippen molar-refractivity contribution in [3.05, 3.63) is 64.6 Å². The minimum absolute atomic E-state index is 0.199. The summed E-state index contributed by atoms with van der Waals surface area (Å²) in [5, 5.41) is 2.86. The Kier molecular flexibility index (Phi) is 5.14. The van der Waals surface area contributed by atoms with E-state index >= 15 is 0 Å². The number of halogens is 2. The second-order valence-corrected chi connectivity index (χ2v) is 6.21. The van der Waals surface area contributed by atoms with Crippen molar-refractivity contribution in [1.82, 2.24) is 9.97 Å². The minimum Gasteiger partial charge on any atom is -0.437 e. The Morgan fingerprint density at radius 3 is 2.60 bits per heavy atom. The lowest BCUT2D eigenvalue weighted by Crippen LogP contribution is -2.04. The van der Waals surface area contributed by atoms with E-state index in [0.29, 0.717) is 10.2 Å². The normalized spacial score (nSPS) is 10.5. The number of aryl methyl sites for hydroxylation is 1. The van der Waals surface area contributed by atoms with Gasteiger partial charge in [0.2, 0.25) is 5.88 Å². The van der Waals surface area contributed by atoms with E-state index in [-0.39, 0.29) is 23.1 Å². The highest BCUT2D eigenvalue weighted by atomic mass is 79.9. The van der Waals surface area contributed by atoms with Crippen LogP contribution in [0.4, 0.5) is 21.6 Å². The summed E-state index contributed by atoms with van der Waals surface area (Å²) in [5.74, 6) is 0.670. The Labute approximate surface area is 153 Å². The molecule has 0 spiro atoms. The summed E-state index contributed by atoms with van der Waals surface area (Å²) in [7, 11) is 0. The van der Waals surface area contributed by atoms with Gasteiger partial charge in [-0.3, -0.25) is 0 Å². The average Bonchev–Trinajstić information content (AvgIpc) is 2.61. The Bertz CT molecular complexity index is 887. The van der Waals surface area contributed by atoms with E-state index < -0.39 is 5.82 Å². The third kappa shape index (κ3) is 4.06. The summed E-state index contributed by atoms with van der Waals surface area (Å²) < 4.78 is 20.3. The Morgan fingerprint density at radius 1 is 1.16 bits per heavy atom. The van der Waals surface area contributed by atoms with Crippen LogP contribution >= 0.6 is 15.9 Å². The zero-order valence-electron chi connectivity index (χ0n) is 13.5. The molecule has 3 rings (SSSR count). The maximum atomic E-state index is 14.0. The molecule has 0 radical (unpaired) electrons. The maximum absolute atomic E-state index is 14.0. The first-order chi connectivity index (χ1) is 12.1. The van der Waals surface area contributed by atoms with Crippen molar-refractivity contribution in [2.24, 2.45) is 0 Å². The largest absolute Gasteiger partial charge is 0.437 e. The monoisotopic (exact) mass is 402 g/mol. The van der Waals surface area contributed by atoms with Gasteiger partial charge >= 0.3 is 0 Å². The highest BCUT2D eigenvalue weighted by Crippen LogP contribution is 2.32. The van der Waals surface area contributed by atoms with Crippen LogP contribution in [0.3, 0.4) is 0 Å². The van der Waals surface area contributed by atoms with E-state index in [2.05, 4.69) is 38.1 Å². The van der Waals surface area contributed by atoms with Crippen LogP contribution in [0, 0.1) is 5.82 Å². The lowest BCUT2D eigenvalue weighted by molar-refractivity contribution is 0.464. The van der Waals surface area contributed by atoms with Gasteiger partial charge in [0.05, 0.1) is 5.69 Å². The molecular formula is C18H16BrFN4O. The predicted octanol–water partition coefficient (Wildman–Crippen LogP) is 5.06. The van der Waals surface area contributed by atoms with Gasteiger partial charge in [-0.1, -0.05) is 35.0 Å². The summed E-state index contributed by atoms with van der Waals surface area (Å²) >= 11 is 3.22. The summed E-state index contributed by atoms with van der Waals surface area (Å²) in [5.41, 5.74) is 7.73. The molecule has 5 nitrogen and oxygen atoms in total. The Morgan fingerprint density at radius 2 is 1.92 bits per heavy atom. The van der Waals surface area contributed by atoms with Crippen LogP contribution in [0.25, 0.3) is 0 Å². The van der Waals surface area contributed by atoms with Crippen LogP contribution in [0.15, 0.2) is 53.3 Å². The molecule has 0 aliphatic rings. The van der Waals surface area contributed by atoms with Crippen LogP contribution in [-0.4, -0.2) is 9.97 Å². The van der Waals surface area contributed by atoms with Gasteiger partial charge in [-0.05, 0) is 42.3 Å². The second-order valence-electron chi connectivity index (χ2n) is 5.29. The van der Waals surface area contributed by atoms with E-state index in [4.69, 9.17) is 10.5 Å². The molecule has 0 fully saturated rings. The molecule has 2 aromatic carbocycles. The first-order valence-corrected chi connectivity index (χ1v) is 8.45. The van der Waals surface area contributed by atoms with E-state index in [1.165, 1.54) is 18.0 Å². The zero-order chi connectivity index (χ0) is 17.8. The third-order valence-corrected chi connectivity index (χ3v) is 4.07. The van der Waals surface area contributed by atoms with Crippen molar-refractivity contribution in [2.45, 2.75) is 13.3 Å². The van der Waals surface area contributed by atoms with Gasteiger partial charge in [0.15, 0.2) is 5.82 Å². The fourth-order valence-electron chi connectivity index (χ4n) is 2.18. The molecule has 0 saturated carbocycles. The first-order valence-electron chi connectivity index (χ1n) is 7.66. The van der Waals surface area contributed by atoms with Gasteiger partial charge in [0, 0.05) is 4.47 Å². The van der Waals surface area contributed by atoms with Gasteiger partial charge in [-0.25, -0.2) is 9.37 Å². The molecule has 0 atom stereocenters. The van der Waals surface area contributed by atoms with E-state index in [0.717, 1.165) is 6.42 Å². The summed E-state index contributed by atoms with van der Waals surface area (Å²) in [6, 6.07) is 12.3. The van der Waals surface area contributed by atoms with Crippen molar-refractivity contribution < 1.29 is 9.13 Å². The third-order valence-electron chi connectivity index (χ3n) is 3.58. The standard InChI is InChI=1S/C18H16BrFN4O/c1-2-11-3-6-13(7-4-11)25-18-16(21)17(22-10-23-18)24-15-8-5-12(19)9-14(15)20/h3-10H,2,21H2,1H3,(H,22,23,24). The zero-order valence-corrected chi connectivity index (χ0v) is 15.0. The number of hydrogen-bond donors (Lipinski definition) is 2. The number of nitrogens with zero attached hydrogens (tertiary/aromatic N) is 2. The summed E-state index contributed by atoms with van der Waals surface area (Å²) in [4.78, 5) is 8.12. The number of benzene rings is 2. The average molecular weight is 403 g/mol. The number of nitrogen functional groups attached to an aromatic ring is 1. The number of anilines is 3. The second kappa shape index (κ2) is 7.48. The molecule has 0 unspecified atom stereocenters. The molecule has 1 heterocycles. The fraction of sp³-hybridized carbons (Fsp3) is 0.111. The smallest absolute Gasteiger partial charge is 0.248 e. The van der Waals surface area contributed by atoms with Gasteiger partial charge in [-0.2, -0.15) is 4.98 Å². The lowest BCUT2D eigenvalue weighted by Gasteiger charge is -2.12. The predicted molar refractivity (Wildman–Crippen MR) is 99.7 cm³/mol. The van der Waals surface area contributed by atoms with Crippen LogP contribution in [0.1, 0.15) is 12.5 Å². The molecule has 0 saturated heterocycles. The Hall–Kier alpha value is -2.67. The van der Waals surface area contributed by atoms with Crippen LogP contribution < -0.4 is 15.8 Å². The molecule has 0 bridgehead atoms. The topological polar surface area (TPSA) is 73.1 Å². The molecule has 25 heavy (non-hydrogen) atoms. The molecule has 128 valence electrons. The molecule has 3 aromatic rings. The van der Waals surface area contributed by atoms with E-state index in [1.807, 2.05) is 24.3 Å². The number of aromatic nitrogens is 2. The number of nitrogens with one attached hydrogen (secondary N) is 1. The molecule has 1 aromatic heterocycles. The van der Waals surface area contributed by atoms with Crippen LogP contribution in [0.5, 0.6) is 11.6 Å². The van der Waals surface area contributed by atoms with Crippen molar-refractivity contribution in [2.75, 3.05) is 11.1 Å². The number of ether oxygens (including phenoxy) is 1. The van der Waals surface area contributed by atoms with E-state index in [1.54, 1.807) is 12.1 Å². The van der Waals surface area contributed by atoms with Gasteiger partial charge in [0.25, 0.3) is 0 Å². The molecular weight excluding hydrogens is 387 g/mol. The maximum Gasteiger partial charge on any atom is 0.248 e. The number of rotatable bonds is 5. The van der Waals surface area contributed by atoms with Gasteiger partial charge in [-0.15, -0.1) is 0 Å². The van der Waals surface area contributed by atoms with Gasteiger partial charge in [0.1, 0.15) is 23.6 Å². The van der Waals surface area contributed by atoms with Gasteiger partial charge < -0.3 is 15.8 Å². The highest BCUT2D eigenvalue weighted by molar-refractivity contribution is 9.10. The quantitative estimate of drug-likeness (QED) is 0.623. The molecule has 0 aliphatic heterocycles. The van der Waals surface area contributed by atoms with Crippen LogP contribution in [0.2, 0.25) is 0 Å². The molecule has 7 heteroatoms. The first kappa shape index (κ1) is 17.2. The van der Waals surface area contributed by atoms with Crippen molar-refractivity contribution in [3.8, 4) is 11.6 Å². The summed E-state index contributed by atoms with van der Waals surface area (Å²) in [6.07, 6.45) is 2.26. The van der Waals surface area contributed by atoms with Crippen molar-refractivity contribution in [3.63, 3.8) is 0 Å². The van der Waals surface area contributed by atoms with E-state index in [9.17, 15) is 4.39 Å². The van der Waals surface area contributed by atoms with Crippen molar-refractivity contribution >= 4 is 33.1 Å². The highest BCUT2D eigenvalue weighted by Gasteiger charge is 2.12.